The average molecular weight is 313 g/mol. The number of hydrogen-bond acceptors (Lipinski definition) is 4. The van der Waals surface area contributed by atoms with Crippen LogP contribution in [0.1, 0.15) is 22.3 Å². The van der Waals surface area contributed by atoms with Crippen molar-refractivity contribution < 1.29 is 9.53 Å². The lowest BCUT2D eigenvalue weighted by Crippen LogP contribution is -2.45. The third-order valence-corrected chi connectivity index (χ3v) is 4.89. The van der Waals surface area contributed by atoms with Gasteiger partial charge in [0.15, 0.2) is 0 Å². The molecule has 23 heavy (non-hydrogen) atoms. The number of rotatable bonds is 3. The fraction of sp³-hybridized carbons (Fsp3) is 0.556. The number of nitriles is 1. The largest absolute Gasteiger partial charge is 0.376 e. The molecule has 2 fully saturated rings. The Morgan fingerprint density at radius 1 is 1.39 bits per heavy atom. The molecule has 1 amide bonds. The number of piperidine rings is 1. The van der Waals surface area contributed by atoms with Crippen molar-refractivity contribution in [1.29, 1.82) is 5.26 Å². The number of likely N-dealkylation sites (N-methyl/N-ethyl adjacent to an activating group) is 1. The van der Waals surface area contributed by atoms with Crippen LogP contribution in [0.4, 0.5) is 0 Å². The molecule has 0 aromatic heterocycles. The van der Waals surface area contributed by atoms with Crippen LogP contribution in [0, 0.1) is 23.2 Å². The van der Waals surface area contributed by atoms with Gasteiger partial charge in [-0.05, 0) is 50.7 Å². The van der Waals surface area contributed by atoms with Gasteiger partial charge in [-0.3, -0.25) is 4.79 Å². The number of hydrogen-bond donors (Lipinski definition) is 0. The number of carbonyl (C=O) groups excluding carboxylic acids is 1. The summed E-state index contributed by atoms with van der Waals surface area (Å²) in [5.41, 5.74) is 1.24. The normalized spacial score (nSPS) is 26.9. The molecule has 0 spiro atoms. The van der Waals surface area contributed by atoms with E-state index in [0.717, 1.165) is 32.7 Å². The summed E-state index contributed by atoms with van der Waals surface area (Å²) in [6.07, 6.45) is 1.30. The van der Waals surface area contributed by atoms with E-state index in [1.54, 1.807) is 24.3 Å². The van der Waals surface area contributed by atoms with E-state index >= 15 is 0 Å². The molecule has 0 bridgehead atoms. The molecule has 2 aliphatic heterocycles. The molecule has 122 valence electrons. The highest BCUT2D eigenvalue weighted by Crippen LogP contribution is 2.35. The lowest BCUT2D eigenvalue weighted by molar-refractivity contribution is 0.0554. The summed E-state index contributed by atoms with van der Waals surface area (Å²) in [6.45, 7) is 3.26. The first-order valence-corrected chi connectivity index (χ1v) is 8.14. The number of carbonyl (C=O) groups is 1. The maximum Gasteiger partial charge on any atom is 0.253 e. The third-order valence-electron chi connectivity index (χ3n) is 4.89. The minimum absolute atomic E-state index is 0.0593. The highest BCUT2D eigenvalue weighted by molar-refractivity contribution is 5.94. The van der Waals surface area contributed by atoms with Crippen LogP contribution in [0.15, 0.2) is 24.3 Å². The van der Waals surface area contributed by atoms with Crippen LogP contribution in [-0.4, -0.2) is 62.1 Å². The van der Waals surface area contributed by atoms with E-state index in [-0.39, 0.29) is 5.91 Å². The number of ether oxygens (including phenoxy) is 1. The van der Waals surface area contributed by atoms with Crippen molar-refractivity contribution in [2.75, 3.05) is 40.3 Å². The number of nitrogens with zero attached hydrogens (tertiary/aromatic N) is 3. The fourth-order valence-electron chi connectivity index (χ4n) is 3.69. The first-order chi connectivity index (χ1) is 11.1. The van der Waals surface area contributed by atoms with Gasteiger partial charge in [-0.15, -0.1) is 0 Å². The first kappa shape index (κ1) is 16.0. The van der Waals surface area contributed by atoms with Crippen molar-refractivity contribution >= 4 is 5.91 Å². The zero-order valence-corrected chi connectivity index (χ0v) is 13.7. The third kappa shape index (κ3) is 3.39. The molecule has 0 saturated carbocycles. The maximum absolute atomic E-state index is 12.6. The lowest BCUT2D eigenvalue weighted by atomic mass is 9.84. The van der Waals surface area contributed by atoms with Gasteiger partial charge in [0, 0.05) is 31.1 Å². The molecule has 2 aliphatic rings. The number of likely N-dealkylation sites (tertiary alicyclic amines) is 1. The Bertz CT molecular complexity index is 606. The quantitative estimate of drug-likeness (QED) is 0.850. The van der Waals surface area contributed by atoms with Crippen molar-refractivity contribution in [2.45, 2.75) is 12.5 Å². The summed E-state index contributed by atoms with van der Waals surface area (Å²) in [5, 5.41) is 8.84. The molecule has 0 N–H and O–H groups in total. The molecule has 3 atom stereocenters. The van der Waals surface area contributed by atoms with Crippen LogP contribution in [0.5, 0.6) is 0 Å². The van der Waals surface area contributed by atoms with Crippen LogP contribution in [0.2, 0.25) is 0 Å². The summed E-state index contributed by atoms with van der Waals surface area (Å²) < 4.78 is 5.96. The van der Waals surface area contributed by atoms with Gasteiger partial charge in [-0.1, -0.05) is 0 Å². The summed E-state index contributed by atoms with van der Waals surface area (Å²) in [5.74, 6) is 1.06. The Morgan fingerprint density at radius 2 is 2.13 bits per heavy atom. The maximum atomic E-state index is 12.6. The Morgan fingerprint density at radius 3 is 2.78 bits per heavy atom. The van der Waals surface area contributed by atoms with Gasteiger partial charge in [0.25, 0.3) is 5.91 Å². The van der Waals surface area contributed by atoms with Crippen LogP contribution in [0.3, 0.4) is 0 Å². The SMILES string of the molecule is CN(C)C[C@@H]1OC[C@H]2CN(C(=O)c3ccc(C#N)cc3)CC[C@H]21. The van der Waals surface area contributed by atoms with Gasteiger partial charge >= 0.3 is 0 Å². The Hall–Kier alpha value is -1.90. The van der Waals surface area contributed by atoms with E-state index in [1.165, 1.54) is 0 Å². The van der Waals surface area contributed by atoms with Crippen molar-refractivity contribution in [1.82, 2.24) is 9.80 Å². The zero-order valence-electron chi connectivity index (χ0n) is 13.7. The summed E-state index contributed by atoms with van der Waals surface area (Å²) in [7, 11) is 4.14. The smallest absolute Gasteiger partial charge is 0.253 e. The minimum Gasteiger partial charge on any atom is -0.376 e. The van der Waals surface area contributed by atoms with E-state index in [1.807, 2.05) is 4.90 Å². The molecule has 5 nitrogen and oxygen atoms in total. The van der Waals surface area contributed by atoms with E-state index < -0.39 is 0 Å². The molecule has 0 unspecified atom stereocenters. The molecule has 3 rings (SSSR count). The summed E-state index contributed by atoms with van der Waals surface area (Å²) >= 11 is 0. The van der Waals surface area contributed by atoms with Crippen LogP contribution in [-0.2, 0) is 4.74 Å². The molecule has 0 radical (unpaired) electrons. The second kappa shape index (κ2) is 6.69. The van der Waals surface area contributed by atoms with E-state index in [0.29, 0.717) is 29.1 Å². The first-order valence-electron chi connectivity index (χ1n) is 8.14. The van der Waals surface area contributed by atoms with Crippen LogP contribution in [0.25, 0.3) is 0 Å². The van der Waals surface area contributed by atoms with Gasteiger partial charge in [0.1, 0.15) is 0 Å². The fourth-order valence-corrected chi connectivity index (χ4v) is 3.69. The van der Waals surface area contributed by atoms with Crippen LogP contribution >= 0.6 is 0 Å². The molecular weight excluding hydrogens is 290 g/mol. The number of fused-ring (bicyclic) bond motifs is 1. The van der Waals surface area contributed by atoms with Crippen LogP contribution < -0.4 is 0 Å². The van der Waals surface area contributed by atoms with Crippen molar-refractivity contribution in [2.24, 2.45) is 11.8 Å². The Balaban J connectivity index is 1.63. The highest BCUT2D eigenvalue weighted by Gasteiger charge is 2.41. The molecule has 1 aromatic rings. The Kier molecular flexibility index (Phi) is 4.65. The van der Waals surface area contributed by atoms with Gasteiger partial charge in [-0.25, -0.2) is 0 Å². The Labute approximate surface area is 137 Å². The summed E-state index contributed by atoms with van der Waals surface area (Å²) in [4.78, 5) is 16.7. The molecule has 2 saturated heterocycles. The van der Waals surface area contributed by atoms with Gasteiger partial charge in [0.2, 0.25) is 0 Å². The van der Waals surface area contributed by atoms with E-state index in [9.17, 15) is 4.79 Å². The van der Waals surface area contributed by atoms with Gasteiger partial charge in [-0.2, -0.15) is 5.26 Å². The molecule has 1 aromatic carbocycles. The molecular formula is C18H23N3O2. The van der Waals surface area contributed by atoms with Crippen molar-refractivity contribution in [3.05, 3.63) is 35.4 Å². The van der Waals surface area contributed by atoms with Gasteiger partial charge < -0.3 is 14.5 Å². The second-order valence-electron chi connectivity index (χ2n) is 6.79. The van der Waals surface area contributed by atoms with E-state index in [4.69, 9.17) is 10.00 Å². The van der Waals surface area contributed by atoms with Crippen molar-refractivity contribution in [3.8, 4) is 6.07 Å². The number of benzene rings is 1. The molecule has 2 heterocycles. The predicted octanol–water partition coefficient (Wildman–Crippen LogP) is 1.60. The predicted molar refractivity (Wildman–Crippen MR) is 87.0 cm³/mol. The zero-order chi connectivity index (χ0) is 16.4. The summed E-state index contributed by atoms with van der Waals surface area (Å²) in [6, 6.07) is 8.96. The molecule has 5 heteroatoms. The highest BCUT2D eigenvalue weighted by atomic mass is 16.5. The minimum atomic E-state index is 0.0593. The average Bonchev–Trinajstić information content (AvgIpc) is 2.96. The lowest BCUT2D eigenvalue weighted by Gasteiger charge is -2.36. The van der Waals surface area contributed by atoms with Gasteiger partial charge in [0.05, 0.1) is 24.3 Å². The van der Waals surface area contributed by atoms with Crippen molar-refractivity contribution in [3.63, 3.8) is 0 Å². The topological polar surface area (TPSA) is 56.6 Å². The molecule has 0 aliphatic carbocycles. The monoisotopic (exact) mass is 313 g/mol. The van der Waals surface area contributed by atoms with E-state index in [2.05, 4.69) is 25.1 Å². The number of amides is 1. The standard InChI is InChI=1S/C18H23N3O2/c1-20(2)11-17-16-7-8-21(10-15(16)12-23-17)18(22)14-5-3-13(9-19)4-6-14/h3-6,15-17H,7-8,10-12H2,1-2H3/t15-,16-,17+/m1/s1. The second-order valence-corrected chi connectivity index (χ2v) is 6.79.